The minimum atomic E-state index is 0.352. The number of rotatable bonds is 5. The molecular weight excluding hydrogens is 216 g/mol. The summed E-state index contributed by atoms with van der Waals surface area (Å²) >= 11 is 1.96. The molecule has 0 bridgehead atoms. The van der Waals surface area contributed by atoms with Gasteiger partial charge in [0.05, 0.1) is 6.04 Å². The van der Waals surface area contributed by atoms with Gasteiger partial charge in [0.1, 0.15) is 0 Å². The van der Waals surface area contributed by atoms with Gasteiger partial charge in [-0.05, 0) is 43.2 Å². The second-order valence-corrected chi connectivity index (χ2v) is 6.09. The van der Waals surface area contributed by atoms with Crippen LogP contribution in [0.1, 0.15) is 54.5 Å². The zero-order chi connectivity index (χ0) is 11.5. The average Bonchev–Trinajstić information content (AvgIpc) is 2.85. The van der Waals surface area contributed by atoms with Crippen LogP contribution in [0.3, 0.4) is 0 Å². The lowest BCUT2D eigenvalue weighted by molar-refractivity contribution is 0.412. The Morgan fingerprint density at radius 2 is 2.31 bits per heavy atom. The fourth-order valence-corrected chi connectivity index (χ4v) is 3.69. The van der Waals surface area contributed by atoms with E-state index in [9.17, 15) is 0 Å². The normalized spacial score (nSPS) is 18.4. The molecule has 0 fully saturated rings. The molecular formula is C13H22N2S. The highest BCUT2D eigenvalue weighted by atomic mass is 32.1. The molecule has 0 aliphatic heterocycles. The Hall–Kier alpha value is -0.380. The number of nitrogens with two attached hydrogens (primary N) is 1. The highest BCUT2D eigenvalue weighted by molar-refractivity contribution is 7.12. The van der Waals surface area contributed by atoms with Crippen LogP contribution in [0.2, 0.25) is 0 Å². The first-order valence-corrected chi connectivity index (χ1v) is 7.13. The van der Waals surface area contributed by atoms with Gasteiger partial charge in [-0.25, -0.2) is 0 Å². The monoisotopic (exact) mass is 238 g/mol. The summed E-state index contributed by atoms with van der Waals surface area (Å²) in [6.07, 6.45) is 6.26. The van der Waals surface area contributed by atoms with Crippen molar-refractivity contribution in [1.29, 1.82) is 0 Å². The van der Waals surface area contributed by atoms with Crippen LogP contribution >= 0.6 is 11.3 Å². The third-order valence-electron chi connectivity index (χ3n) is 3.65. The predicted octanol–water partition coefficient (Wildman–Crippen LogP) is 3.18. The van der Waals surface area contributed by atoms with E-state index in [-0.39, 0.29) is 0 Å². The quantitative estimate of drug-likeness (QED) is 0.611. The van der Waals surface area contributed by atoms with Gasteiger partial charge in [-0.2, -0.15) is 0 Å². The van der Waals surface area contributed by atoms with Gasteiger partial charge in [0.2, 0.25) is 0 Å². The van der Waals surface area contributed by atoms with Gasteiger partial charge < -0.3 is 0 Å². The summed E-state index contributed by atoms with van der Waals surface area (Å²) in [5, 5.41) is 0. The Labute approximate surface area is 102 Å². The van der Waals surface area contributed by atoms with E-state index in [2.05, 4.69) is 25.3 Å². The molecule has 0 amide bonds. The first-order chi connectivity index (χ1) is 7.74. The van der Waals surface area contributed by atoms with E-state index in [0.29, 0.717) is 6.04 Å². The fourth-order valence-electron chi connectivity index (χ4n) is 2.36. The van der Waals surface area contributed by atoms with Crippen LogP contribution in [0.15, 0.2) is 6.07 Å². The van der Waals surface area contributed by atoms with Crippen LogP contribution in [-0.4, -0.2) is 0 Å². The molecule has 2 nitrogen and oxygen atoms in total. The van der Waals surface area contributed by atoms with Crippen LogP contribution in [0.4, 0.5) is 0 Å². The van der Waals surface area contributed by atoms with Crippen molar-refractivity contribution >= 4 is 11.3 Å². The van der Waals surface area contributed by atoms with Crippen molar-refractivity contribution in [1.82, 2.24) is 5.43 Å². The fraction of sp³-hybridized carbons (Fsp3) is 0.692. The molecule has 0 radical (unpaired) electrons. The van der Waals surface area contributed by atoms with Crippen molar-refractivity contribution in [3.8, 4) is 0 Å². The standard InChI is InChI=1S/C13H22N2S/c1-3-9(2)7-11(15-14)13-8-10-5-4-6-12(10)16-13/h8-9,11,15H,3-7,14H2,1-2H3. The van der Waals surface area contributed by atoms with Gasteiger partial charge in [-0.3, -0.25) is 11.3 Å². The summed E-state index contributed by atoms with van der Waals surface area (Å²) in [7, 11) is 0. The van der Waals surface area contributed by atoms with E-state index in [0.717, 1.165) is 12.3 Å². The molecule has 3 N–H and O–H groups in total. The smallest absolute Gasteiger partial charge is 0.0556 e. The Balaban J connectivity index is 2.08. The van der Waals surface area contributed by atoms with E-state index in [1.54, 1.807) is 10.4 Å². The van der Waals surface area contributed by atoms with Crippen LogP contribution in [0.25, 0.3) is 0 Å². The third kappa shape index (κ3) is 2.47. The van der Waals surface area contributed by atoms with E-state index < -0.39 is 0 Å². The van der Waals surface area contributed by atoms with Gasteiger partial charge in [0.25, 0.3) is 0 Å². The molecule has 2 unspecified atom stereocenters. The van der Waals surface area contributed by atoms with E-state index >= 15 is 0 Å². The molecule has 0 saturated carbocycles. The first-order valence-electron chi connectivity index (χ1n) is 6.32. The van der Waals surface area contributed by atoms with Crippen molar-refractivity contribution in [2.24, 2.45) is 11.8 Å². The number of thiophene rings is 1. The Kier molecular flexibility index (Phi) is 4.00. The number of fused-ring (bicyclic) bond motifs is 1. The molecule has 1 heterocycles. The molecule has 90 valence electrons. The summed E-state index contributed by atoms with van der Waals surface area (Å²) in [6.45, 7) is 4.54. The maximum atomic E-state index is 5.68. The van der Waals surface area contributed by atoms with Gasteiger partial charge >= 0.3 is 0 Å². The van der Waals surface area contributed by atoms with Crippen molar-refractivity contribution in [2.45, 2.75) is 52.0 Å². The summed E-state index contributed by atoms with van der Waals surface area (Å²) in [5.41, 5.74) is 4.56. The van der Waals surface area contributed by atoms with Crippen molar-refractivity contribution in [3.05, 3.63) is 21.4 Å². The summed E-state index contributed by atoms with van der Waals surface area (Å²) in [6, 6.07) is 2.73. The molecule has 0 spiro atoms. The topological polar surface area (TPSA) is 38.0 Å². The molecule has 16 heavy (non-hydrogen) atoms. The zero-order valence-corrected chi connectivity index (χ0v) is 11.1. The van der Waals surface area contributed by atoms with Crippen molar-refractivity contribution < 1.29 is 0 Å². The van der Waals surface area contributed by atoms with E-state index in [1.165, 1.54) is 30.6 Å². The second-order valence-electron chi connectivity index (χ2n) is 4.92. The van der Waals surface area contributed by atoms with Crippen molar-refractivity contribution in [3.63, 3.8) is 0 Å². The number of nitrogens with one attached hydrogen (secondary N) is 1. The molecule has 0 aromatic carbocycles. The summed E-state index contributed by atoms with van der Waals surface area (Å²) < 4.78 is 0. The predicted molar refractivity (Wildman–Crippen MR) is 70.5 cm³/mol. The Bertz CT molecular complexity index is 324. The van der Waals surface area contributed by atoms with Crippen LogP contribution in [0, 0.1) is 5.92 Å². The molecule has 3 heteroatoms. The number of hydrazine groups is 1. The largest absolute Gasteiger partial charge is 0.271 e. The van der Waals surface area contributed by atoms with E-state index in [4.69, 9.17) is 5.84 Å². The van der Waals surface area contributed by atoms with E-state index in [1.807, 2.05) is 11.3 Å². The minimum Gasteiger partial charge on any atom is -0.271 e. The number of hydrogen-bond donors (Lipinski definition) is 2. The molecule has 1 aliphatic rings. The average molecular weight is 238 g/mol. The van der Waals surface area contributed by atoms with Crippen LogP contribution < -0.4 is 11.3 Å². The van der Waals surface area contributed by atoms with Crippen LogP contribution in [-0.2, 0) is 12.8 Å². The third-order valence-corrected chi connectivity index (χ3v) is 5.00. The first kappa shape index (κ1) is 12.1. The zero-order valence-electron chi connectivity index (χ0n) is 10.3. The number of aryl methyl sites for hydroxylation is 2. The van der Waals surface area contributed by atoms with Crippen LogP contribution in [0.5, 0.6) is 0 Å². The minimum absolute atomic E-state index is 0.352. The van der Waals surface area contributed by atoms with Gasteiger partial charge in [-0.15, -0.1) is 11.3 Å². The SMILES string of the molecule is CCC(C)CC(NN)c1cc2c(s1)CCC2. The summed E-state index contributed by atoms with van der Waals surface area (Å²) in [4.78, 5) is 3.03. The summed E-state index contributed by atoms with van der Waals surface area (Å²) in [5.74, 6) is 6.42. The Morgan fingerprint density at radius 1 is 1.50 bits per heavy atom. The molecule has 1 aromatic heterocycles. The lowest BCUT2D eigenvalue weighted by Crippen LogP contribution is -2.28. The molecule has 1 aliphatic carbocycles. The lowest BCUT2D eigenvalue weighted by atomic mass is 9.98. The molecule has 0 saturated heterocycles. The van der Waals surface area contributed by atoms with Gasteiger partial charge in [-0.1, -0.05) is 20.3 Å². The van der Waals surface area contributed by atoms with Crippen molar-refractivity contribution in [2.75, 3.05) is 0 Å². The molecule has 1 aromatic rings. The molecule has 2 rings (SSSR count). The maximum Gasteiger partial charge on any atom is 0.0556 e. The molecule has 2 atom stereocenters. The maximum absolute atomic E-state index is 5.68. The second kappa shape index (κ2) is 5.30. The van der Waals surface area contributed by atoms with Gasteiger partial charge in [0, 0.05) is 9.75 Å². The Morgan fingerprint density at radius 3 is 2.94 bits per heavy atom. The highest BCUT2D eigenvalue weighted by Gasteiger charge is 2.20. The number of hydrogen-bond acceptors (Lipinski definition) is 3. The van der Waals surface area contributed by atoms with Gasteiger partial charge in [0.15, 0.2) is 0 Å². The highest BCUT2D eigenvalue weighted by Crippen LogP contribution is 2.35. The lowest BCUT2D eigenvalue weighted by Gasteiger charge is -2.18.